The van der Waals surface area contributed by atoms with E-state index in [0.29, 0.717) is 44.6 Å². The zero-order valence-electron chi connectivity index (χ0n) is 12.7. The summed E-state index contributed by atoms with van der Waals surface area (Å²) in [6.07, 6.45) is 1.16. The van der Waals surface area contributed by atoms with E-state index in [9.17, 15) is 17.6 Å². The van der Waals surface area contributed by atoms with Crippen LogP contribution in [0.5, 0.6) is 0 Å². The number of hydrogen-bond acceptors (Lipinski definition) is 3. The minimum absolute atomic E-state index is 0.130. The highest BCUT2D eigenvalue weighted by atomic mass is 32.2. The highest BCUT2D eigenvalue weighted by Gasteiger charge is 2.26. The van der Waals surface area contributed by atoms with Gasteiger partial charge in [-0.3, -0.25) is 4.79 Å². The maximum atomic E-state index is 13.2. The Morgan fingerprint density at radius 2 is 2.00 bits per heavy atom. The van der Waals surface area contributed by atoms with Crippen molar-refractivity contribution in [1.29, 1.82) is 0 Å². The maximum Gasteiger partial charge on any atom is 0.254 e. The average Bonchev–Trinajstić information content (AvgIpc) is 2.73. The van der Waals surface area contributed by atoms with Gasteiger partial charge in [-0.25, -0.2) is 17.1 Å². The molecule has 1 aliphatic rings. The van der Waals surface area contributed by atoms with Crippen molar-refractivity contribution >= 4 is 15.9 Å². The predicted octanol–water partition coefficient (Wildman–Crippen LogP) is 1.71. The number of amides is 1. The van der Waals surface area contributed by atoms with Gasteiger partial charge in [-0.05, 0) is 31.0 Å². The van der Waals surface area contributed by atoms with Crippen LogP contribution in [0.1, 0.15) is 30.1 Å². The molecule has 0 N–H and O–H groups in total. The highest BCUT2D eigenvalue weighted by Crippen LogP contribution is 2.13. The number of rotatable bonds is 4. The van der Waals surface area contributed by atoms with E-state index in [0.717, 1.165) is 0 Å². The number of nitrogens with zero attached hydrogens (tertiary/aromatic N) is 2. The number of hydrogen-bond donors (Lipinski definition) is 0. The van der Waals surface area contributed by atoms with Crippen LogP contribution < -0.4 is 0 Å². The van der Waals surface area contributed by atoms with Crippen LogP contribution in [0.4, 0.5) is 4.39 Å². The minimum atomic E-state index is -3.24. The summed E-state index contributed by atoms with van der Waals surface area (Å²) in [5.41, 5.74) is 0.296. The van der Waals surface area contributed by atoms with Crippen molar-refractivity contribution < 1.29 is 17.6 Å². The van der Waals surface area contributed by atoms with Gasteiger partial charge in [0.2, 0.25) is 10.0 Å². The standard InChI is InChI=1S/C15H21FN2O3S/c1-2-11-22(20,21)18-8-4-7-17(9-10-18)15(19)13-5-3-6-14(16)12-13/h3,5-6,12H,2,4,7-11H2,1H3. The van der Waals surface area contributed by atoms with E-state index in [1.165, 1.54) is 22.5 Å². The molecule has 0 saturated carbocycles. The van der Waals surface area contributed by atoms with Crippen molar-refractivity contribution in [1.82, 2.24) is 9.21 Å². The second-order valence-corrected chi connectivity index (χ2v) is 7.46. The Hall–Kier alpha value is -1.47. The van der Waals surface area contributed by atoms with Crippen LogP contribution in [-0.2, 0) is 10.0 Å². The molecular weight excluding hydrogens is 307 g/mol. The van der Waals surface area contributed by atoms with Crippen molar-refractivity contribution in [3.05, 3.63) is 35.6 Å². The maximum absolute atomic E-state index is 13.2. The Bertz CT molecular complexity index is 633. The second-order valence-electron chi connectivity index (χ2n) is 5.37. The summed E-state index contributed by atoms with van der Waals surface area (Å²) in [5, 5.41) is 0. The number of halogens is 1. The first kappa shape index (κ1) is 16.9. The fourth-order valence-electron chi connectivity index (χ4n) is 2.57. The SMILES string of the molecule is CCCS(=O)(=O)N1CCCN(C(=O)c2cccc(F)c2)CC1. The Morgan fingerprint density at radius 3 is 2.68 bits per heavy atom. The predicted molar refractivity (Wildman–Crippen MR) is 82.6 cm³/mol. The fraction of sp³-hybridized carbons (Fsp3) is 0.533. The zero-order valence-corrected chi connectivity index (χ0v) is 13.5. The lowest BCUT2D eigenvalue weighted by molar-refractivity contribution is 0.0763. The number of sulfonamides is 1. The van der Waals surface area contributed by atoms with E-state index in [1.54, 1.807) is 11.0 Å². The molecule has 7 heteroatoms. The van der Waals surface area contributed by atoms with E-state index in [2.05, 4.69) is 0 Å². The normalized spacial score (nSPS) is 17.3. The van der Waals surface area contributed by atoms with Gasteiger partial charge in [0.05, 0.1) is 5.75 Å². The smallest absolute Gasteiger partial charge is 0.254 e. The molecule has 1 amide bonds. The summed E-state index contributed by atoms with van der Waals surface area (Å²) >= 11 is 0. The van der Waals surface area contributed by atoms with Crippen molar-refractivity contribution in [2.24, 2.45) is 0 Å². The Labute approximate surface area is 130 Å². The quantitative estimate of drug-likeness (QED) is 0.845. The molecule has 0 unspecified atom stereocenters. The Balaban J connectivity index is 2.06. The molecule has 0 aromatic heterocycles. The van der Waals surface area contributed by atoms with Crippen molar-refractivity contribution in [3.8, 4) is 0 Å². The first-order valence-corrected chi connectivity index (χ1v) is 9.07. The first-order valence-electron chi connectivity index (χ1n) is 7.46. The van der Waals surface area contributed by atoms with E-state index < -0.39 is 15.8 Å². The van der Waals surface area contributed by atoms with Gasteiger partial charge in [0, 0.05) is 31.7 Å². The third-order valence-corrected chi connectivity index (χ3v) is 5.75. The third-order valence-electron chi connectivity index (χ3n) is 3.67. The topological polar surface area (TPSA) is 57.7 Å². The largest absolute Gasteiger partial charge is 0.337 e. The first-order chi connectivity index (χ1) is 10.4. The summed E-state index contributed by atoms with van der Waals surface area (Å²) in [6.45, 7) is 3.36. The molecule has 1 aromatic rings. The molecular formula is C15H21FN2O3S. The lowest BCUT2D eigenvalue weighted by Gasteiger charge is -2.22. The van der Waals surface area contributed by atoms with Crippen LogP contribution in [0.2, 0.25) is 0 Å². The molecule has 5 nitrogen and oxygen atoms in total. The number of benzene rings is 1. The third kappa shape index (κ3) is 4.04. The second kappa shape index (κ2) is 7.19. The molecule has 0 spiro atoms. The number of carbonyl (C=O) groups excluding carboxylic acids is 1. The molecule has 0 aliphatic carbocycles. The van der Waals surface area contributed by atoms with E-state index >= 15 is 0 Å². The molecule has 1 heterocycles. The molecule has 1 saturated heterocycles. The summed E-state index contributed by atoms with van der Waals surface area (Å²) in [4.78, 5) is 14.0. The van der Waals surface area contributed by atoms with Gasteiger partial charge in [-0.1, -0.05) is 13.0 Å². The fourth-order valence-corrected chi connectivity index (χ4v) is 4.11. The van der Waals surface area contributed by atoms with Crippen molar-refractivity contribution in [3.63, 3.8) is 0 Å². The van der Waals surface area contributed by atoms with Gasteiger partial charge in [0.1, 0.15) is 5.82 Å². The Morgan fingerprint density at radius 1 is 1.23 bits per heavy atom. The summed E-state index contributed by atoms with van der Waals surface area (Å²) < 4.78 is 38.9. The lowest BCUT2D eigenvalue weighted by atomic mass is 10.2. The molecule has 0 atom stereocenters. The van der Waals surface area contributed by atoms with Crippen LogP contribution in [0.15, 0.2) is 24.3 Å². The average molecular weight is 328 g/mol. The van der Waals surface area contributed by atoms with Crippen LogP contribution >= 0.6 is 0 Å². The molecule has 1 aromatic carbocycles. The van der Waals surface area contributed by atoms with Gasteiger partial charge in [0.25, 0.3) is 5.91 Å². The molecule has 22 heavy (non-hydrogen) atoms. The summed E-state index contributed by atoms with van der Waals surface area (Å²) in [7, 11) is -3.24. The van der Waals surface area contributed by atoms with Crippen molar-refractivity contribution in [2.45, 2.75) is 19.8 Å². The van der Waals surface area contributed by atoms with Gasteiger partial charge in [0.15, 0.2) is 0 Å². The zero-order chi connectivity index (χ0) is 16.2. The van der Waals surface area contributed by atoms with Crippen LogP contribution in [0.3, 0.4) is 0 Å². The van der Waals surface area contributed by atoms with Gasteiger partial charge >= 0.3 is 0 Å². The molecule has 0 bridgehead atoms. The summed E-state index contributed by atoms with van der Waals surface area (Å²) in [5.74, 6) is -0.577. The van der Waals surface area contributed by atoms with E-state index in [-0.39, 0.29) is 11.7 Å². The molecule has 1 aliphatic heterocycles. The highest BCUT2D eigenvalue weighted by molar-refractivity contribution is 7.89. The lowest BCUT2D eigenvalue weighted by Crippen LogP contribution is -2.38. The molecule has 2 rings (SSSR count). The van der Waals surface area contributed by atoms with Crippen LogP contribution in [0, 0.1) is 5.82 Å². The monoisotopic (exact) mass is 328 g/mol. The van der Waals surface area contributed by atoms with Crippen LogP contribution in [0.25, 0.3) is 0 Å². The summed E-state index contributed by atoms with van der Waals surface area (Å²) in [6, 6.07) is 5.57. The molecule has 1 fully saturated rings. The minimum Gasteiger partial charge on any atom is -0.337 e. The molecule has 122 valence electrons. The van der Waals surface area contributed by atoms with Gasteiger partial charge < -0.3 is 4.90 Å². The van der Waals surface area contributed by atoms with E-state index in [1.807, 2.05) is 6.92 Å². The van der Waals surface area contributed by atoms with Gasteiger partial charge in [-0.15, -0.1) is 0 Å². The van der Waals surface area contributed by atoms with Gasteiger partial charge in [-0.2, -0.15) is 0 Å². The van der Waals surface area contributed by atoms with Crippen LogP contribution in [-0.4, -0.2) is 55.5 Å². The molecule has 0 radical (unpaired) electrons. The number of carbonyl (C=O) groups is 1. The Kier molecular flexibility index (Phi) is 5.52. The van der Waals surface area contributed by atoms with E-state index in [4.69, 9.17) is 0 Å². The van der Waals surface area contributed by atoms with Crippen molar-refractivity contribution in [2.75, 3.05) is 31.9 Å².